The van der Waals surface area contributed by atoms with Crippen LogP contribution < -0.4 is 5.32 Å². The maximum absolute atomic E-state index is 11.4. The Labute approximate surface area is 103 Å². The maximum Gasteiger partial charge on any atom is 0.330 e. The smallest absolute Gasteiger partial charge is 0.330 e. The molecule has 0 bridgehead atoms. The van der Waals surface area contributed by atoms with Gasteiger partial charge in [-0.2, -0.15) is 0 Å². The van der Waals surface area contributed by atoms with Gasteiger partial charge in [-0.1, -0.05) is 15.9 Å². The highest BCUT2D eigenvalue weighted by molar-refractivity contribution is 9.10. The summed E-state index contributed by atoms with van der Waals surface area (Å²) < 4.78 is 5.77. The highest BCUT2D eigenvalue weighted by Crippen LogP contribution is 2.15. The van der Waals surface area contributed by atoms with Gasteiger partial charge in [-0.15, -0.1) is 0 Å². The second-order valence-electron chi connectivity index (χ2n) is 3.14. The molecule has 88 valence electrons. The third kappa shape index (κ3) is 3.83. The van der Waals surface area contributed by atoms with Crippen LogP contribution in [-0.2, 0) is 9.53 Å². The molecule has 1 atom stereocenters. The van der Waals surface area contributed by atoms with Crippen LogP contribution in [0.25, 0.3) is 0 Å². The Bertz CT molecular complexity index is 340. The van der Waals surface area contributed by atoms with Crippen LogP contribution in [0.2, 0.25) is 0 Å². The lowest BCUT2D eigenvalue weighted by Gasteiger charge is -2.15. The van der Waals surface area contributed by atoms with Gasteiger partial charge in [-0.3, -0.25) is 0 Å². The second-order valence-corrected chi connectivity index (χ2v) is 4.05. The number of hydrogen-bond acceptors (Lipinski definition) is 4. The number of halogens is 1. The molecule has 1 aromatic carbocycles. The highest BCUT2D eigenvalue weighted by atomic mass is 79.9. The molecule has 0 fully saturated rings. The van der Waals surface area contributed by atoms with Crippen LogP contribution in [0.1, 0.15) is 6.92 Å². The van der Waals surface area contributed by atoms with Gasteiger partial charge < -0.3 is 15.2 Å². The van der Waals surface area contributed by atoms with Gasteiger partial charge in [0.05, 0.1) is 13.2 Å². The third-order valence-electron chi connectivity index (χ3n) is 1.94. The number of hydrogen-bond donors (Lipinski definition) is 2. The van der Waals surface area contributed by atoms with Gasteiger partial charge in [0.25, 0.3) is 0 Å². The molecule has 0 aliphatic rings. The number of carbonyl (C=O) groups excluding carboxylic acids is 1. The molecule has 0 heterocycles. The second kappa shape index (κ2) is 6.50. The minimum atomic E-state index is -0.721. The van der Waals surface area contributed by atoms with Crippen LogP contribution in [0.15, 0.2) is 28.7 Å². The number of aliphatic hydroxyl groups excluding tert-OH is 1. The molecule has 1 unspecified atom stereocenters. The van der Waals surface area contributed by atoms with Crippen molar-refractivity contribution in [1.29, 1.82) is 0 Å². The topological polar surface area (TPSA) is 58.6 Å². The summed E-state index contributed by atoms with van der Waals surface area (Å²) in [6.07, 6.45) is 0. The summed E-state index contributed by atoms with van der Waals surface area (Å²) in [5.41, 5.74) is 0.760. The lowest BCUT2D eigenvalue weighted by Crippen LogP contribution is -2.34. The van der Waals surface area contributed by atoms with Gasteiger partial charge in [-0.25, -0.2) is 4.79 Å². The van der Waals surface area contributed by atoms with Crippen molar-refractivity contribution in [2.75, 3.05) is 18.5 Å². The molecule has 4 nitrogen and oxygen atoms in total. The van der Waals surface area contributed by atoms with Gasteiger partial charge in [0.15, 0.2) is 0 Å². The van der Waals surface area contributed by atoms with Crippen molar-refractivity contribution in [2.45, 2.75) is 13.0 Å². The first-order valence-corrected chi connectivity index (χ1v) is 5.76. The summed E-state index contributed by atoms with van der Waals surface area (Å²) in [5, 5.41) is 12.0. The van der Waals surface area contributed by atoms with E-state index >= 15 is 0 Å². The molecule has 0 aromatic heterocycles. The van der Waals surface area contributed by atoms with E-state index in [9.17, 15) is 4.79 Å². The first-order chi connectivity index (χ1) is 7.67. The largest absolute Gasteiger partial charge is 0.464 e. The van der Waals surface area contributed by atoms with Crippen molar-refractivity contribution < 1.29 is 14.6 Å². The van der Waals surface area contributed by atoms with E-state index in [2.05, 4.69) is 21.2 Å². The van der Waals surface area contributed by atoms with E-state index in [1.807, 2.05) is 24.3 Å². The zero-order valence-corrected chi connectivity index (χ0v) is 10.5. The molecular formula is C11H14BrNO3. The Morgan fingerprint density at radius 3 is 2.62 bits per heavy atom. The molecule has 0 aliphatic heterocycles. The van der Waals surface area contributed by atoms with Crippen molar-refractivity contribution in [3.05, 3.63) is 28.7 Å². The van der Waals surface area contributed by atoms with Gasteiger partial charge in [-0.05, 0) is 31.2 Å². The molecule has 2 N–H and O–H groups in total. The fourth-order valence-corrected chi connectivity index (χ4v) is 1.43. The molecule has 16 heavy (non-hydrogen) atoms. The summed E-state index contributed by atoms with van der Waals surface area (Å²) in [5.74, 6) is -0.451. The summed E-state index contributed by atoms with van der Waals surface area (Å²) in [6, 6.07) is 6.60. The van der Waals surface area contributed by atoms with Crippen molar-refractivity contribution in [3.8, 4) is 0 Å². The van der Waals surface area contributed by atoms with Gasteiger partial charge >= 0.3 is 5.97 Å². The molecule has 0 spiro atoms. The Kier molecular flexibility index (Phi) is 5.28. The monoisotopic (exact) mass is 287 g/mol. The molecule has 0 amide bonds. The molecule has 1 aromatic rings. The van der Waals surface area contributed by atoms with Crippen LogP contribution in [-0.4, -0.2) is 30.3 Å². The summed E-state index contributed by atoms with van der Waals surface area (Å²) in [7, 11) is 0. The lowest BCUT2D eigenvalue weighted by atomic mass is 10.2. The molecular weight excluding hydrogens is 274 g/mol. The quantitative estimate of drug-likeness (QED) is 0.811. The first kappa shape index (κ1) is 13.0. The number of benzene rings is 1. The van der Waals surface area contributed by atoms with E-state index in [4.69, 9.17) is 9.84 Å². The van der Waals surface area contributed by atoms with E-state index in [1.54, 1.807) is 6.92 Å². The highest BCUT2D eigenvalue weighted by Gasteiger charge is 2.18. The number of esters is 1. The van der Waals surface area contributed by atoms with E-state index in [-0.39, 0.29) is 6.61 Å². The SMILES string of the molecule is CCOC(=O)C(CO)Nc1ccc(Br)cc1. The van der Waals surface area contributed by atoms with Crippen LogP contribution in [0.4, 0.5) is 5.69 Å². The minimum absolute atomic E-state index is 0.297. The van der Waals surface area contributed by atoms with Crippen LogP contribution in [0.5, 0.6) is 0 Å². The Hall–Kier alpha value is -1.07. The predicted molar refractivity (Wildman–Crippen MR) is 65.3 cm³/mol. The fourth-order valence-electron chi connectivity index (χ4n) is 1.17. The number of aliphatic hydroxyl groups is 1. The molecule has 0 radical (unpaired) electrons. The molecule has 0 saturated carbocycles. The number of carbonyl (C=O) groups is 1. The number of rotatable bonds is 5. The van der Waals surface area contributed by atoms with Crippen LogP contribution in [0, 0.1) is 0 Å². The van der Waals surface area contributed by atoms with Gasteiger partial charge in [0, 0.05) is 10.2 Å². The standard InChI is InChI=1S/C11H14BrNO3/c1-2-16-11(15)10(7-14)13-9-5-3-8(12)4-6-9/h3-6,10,13-14H,2,7H2,1H3. The Balaban J connectivity index is 2.62. The van der Waals surface area contributed by atoms with Crippen molar-refractivity contribution >= 4 is 27.6 Å². The van der Waals surface area contributed by atoms with E-state index < -0.39 is 12.0 Å². The van der Waals surface area contributed by atoms with Crippen LogP contribution in [0.3, 0.4) is 0 Å². The fraction of sp³-hybridized carbons (Fsp3) is 0.364. The zero-order valence-electron chi connectivity index (χ0n) is 8.94. The van der Waals surface area contributed by atoms with Gasteiger partial charge in [0.2, 0.25) is 0 Å². The van der Waals surface area contributed by atoms with Crippen LogP contribution >= 0.6 is 15.9 Å². The molecule has 0 aliphatic carbocycles. The van der Waals surface area contributed by atoms with E-state index in [0.717, 1.165) is 10.2 Å². The molecule has 1 rings (SSSR count). The van der Waals surface area contributed by atoms with Gasteiger partial charge in [0.1, 0.15) is 6.04 Å². The number of anilines is 1. The summed E-state index contributed by atoms with van der Waals surface area (Å²) in [4.78, 5) is 11.4. The van der Waals surface area contributed by atoms with E-state index in [1.165, 1.54) is 0 Å². The summed E-state index contributed by atoms with van der Waals surface area (Å²) >= 11 is 3.31. The average molecular weight is 288 g/mol. The Morgan fingerprint density at radius 2 is 2.12 bits per heavy atom. The molecule has 0 saturated heterocycles. The van der Waals surface area contributed by atoms with Crippen molar-refractivity contribution in [3.63, 3.8) is 0 Å². The molecule has 5 heteroatoms. The lowest BCUT2D eigenvalue weighted by molar-refractivity contribution is -0.144. The third-order valence-corrected chi connectivity index (χ3v) is 2.47. The Morgan fingerprint density at radius 1 is 1.50 bits per heavy atom. The van der Waals surface area contributed by atoms with Crippen molar-refractivity contribution in [2.24, 2.45) is 0 Å². The maximum atomic E-state index is 11.4. The first-order valence-electron chi connectivity index (χ1n) is 4.97. The van der Waals surface area contributed by atoms with Crippen molar-refractivity contribution in [1.82, 2.24) is 0 Å². The normalized spacial score (nSPS) is 11.9. The van der Waals surface area contributed by atoms with E-state index in [0.29, 0.717) is 6.61 Å². The minimum Gasteiger partial charge on any atom is -0.464 e. The number of nitrogens with one attached hydrogen (secondary N) is 1. The zero-order chi connectivity index (χ0) is 12.0. The summed E-state index contributed by atoms with van der Waals surface area (Å²) in [6.45, 7) is 1.73. The average Bonchev–Trinajstić information content (AvgIpc) is 2.28. The predicted octanol–water partition coefficient (Wildman–Crippen LogP) is 1.78. The number of ether oxygens (including phenoxy) is 1.